The van der Waals surface area contributed by atoms with Crippen LogP contribution in [-0.2, 0) is 0 Å². The molecule has 1 atom stereocenters. The van der Waals surface area contributed by atoms with Gasteiger partial charge in [0.15, 0.2) is 0 Å². The Labute approximate surface area is 78.1 Å². The molecule has 12 heavy (non-hydrogen) atoms. The average molecular weight is 168 g/mol. The highest BCUT2D eigenvalue weighted by molar-refractivity contribution is 5.07. The maximum atomic E-state index is 2.36. The third-order valence-electron chi connectivity index (χ3n) is 3.42. The van der Waals surface area contributed by atoms with Gasteiger partial charge in [0.25, 0.3) is 0 Å². The summed E-state index contributed by atoms with van der Waals surface area (Å²) in [6.07, 6.45) is 4.73. The number of allylic oxidation sites excluding steroid dienone is 2. The standard InChI is InChI=1S/C12H24/c1-7-11(8-2)10(4)12(5,6)9-3/h7,10H,8-9H2,1-6H3. The SMILES string of the molecule is CC=C(CC)C(C)C(C)(C)CC. The fraction of sp³-hybridized carbons (Fsp3) is 0.833. The Morgan fingerprint density at radius 3 is 2.08 bits per heavy atom. The lowest BCUT2D eigenvalue weighted by Gasteiger charge is -2.32. The molecular weight excluding hydrogens is 144 g/mol. The van der Waals surface area contributed by atoms with E-state index in [1.807, 2.05) is 0 Å². The second-order valence-corrected chi connectivity index (χ2v) is 4.28. The van der Waals surface area contributed by atoms with E-state index in [0.29, 0.717) is 5.41 Å². The zero-order chi connectivity index (χ0) is 9.78. The van der Waals surface area contributed by atoms with Crippen molar-refractivity contribution in [3.05, 3.63) is 11.6 Å². The van der Waals surface area contributed by atoms with E-state index in [1.165, 1.54) is 12.8 Å². The molecule has 0 saturated carbocycles. The normalized spacial score (nSPS) is 16.3. The maximum absolute atomic E-state index is 2.36. The molecule has 0 bridgehead atoms. The summed E-state index contributed by atoms with van der Waals surface area (Å²) >= 11 is 0. The molecule has 0 aromatic rings. The van der Waals surface area contributed by atoms with Crippen LogP contribution in [0.25, 0.3) is 0 Å². The van der Waals surface area contributed by atoms with Crippen molar-refractivity contribution in [3.63, 3.8) is 0 Å². The van der Waals surface area contributed by atoms with Gasteiger partial charge in [-0.3, -0.25) is 0 Å². The molecule has 0 heterocycles. The molecule has 0 aromatic carbocycles. The zero-order valence-electron chi connectivity index (χ0n) is 9.57. The van der Waals surface area contributed by atoms with Crippen LogP contribution in [-0.4, -0.2) is 0 Å². The van der Waals surface area contributed by atoms with Crippen LogP contribution in [0.1, 0.15) is 54.4 Å². The van der Waals surface area contributed by atoms with Crippen LogP contribution in [0.2, 0.25) is 0 Å². The summed E-state index contributed by atoms with van der Waals surface area (Å²) in [5.41, 5.74) is 2.06. The average Bonchev–Trinajstić information content (AvgIpc) is 2.06. The Morgan fingerprint density at radius 2 is 1.83 bits per heavy atom. The monoisotopic (exact) mass is 168 g/mol. The van der Waals surface area contributed by atoms with Crippen LogP contribution in [0.15, 0.2) is 11.6 Å². The highest BCUT2D eigenvalue weighted by Gasteiger charge is 2.25. The molecule has 0 aliphatic carbocycles. The molecule has 0 N–H and O–H groups in total. The fourth-order valence-electron chi connectivity index (χ4n) is 1.57. The highest BCUT2D eigenvalue weighted by atomic mass is 14.3. The maximum Gasteiger partial charge on any atom is -0.0181 e. The second-order valence-electron chi connectivity index (χ2n) is 4.28. The minimum absolute atomic E-state index is 0.456. The largest absolute Gasteiger partial charge is 0.0882 e. The number of hydrogen-bond acceptors (Lipinski definition) is 0. The van der Waals surface area contributed by atoms with Crippen LogP contribution in [0, 0.1) is 11.3 Å². The molecule has 0 radical (unpaired) electrons. The predicted molar refractivity (Wildman–Crippen MR) is 57.3 cm³/mol. The van der Waals surface area contributed by atoms with Crippen LogP contribution in [0.4, 0.5) is 0 Å². The number of hydrogen-bond donors (Lipinski definition) is 0. The Kier molecular flexibility index (Phi) is 4.59. The minimum atomic E-state index is 0.456. The first kappa shape index (κ1) is 11.7. The summed E-state index contributed by atoms with van der Waals surface area (Å²) < 4.78 is 0. The first-order valence-corrected chi connectivity index (χ1v) is 5.14. The van der Waals surface area contributed by atoms with E-state index >= 15 is 0 Å². The van der Waals surface area contributed by atoms with Gasteiger partial charge in [-0.15, -0.1) is 0 Å². The molecule has 0 fully saturated rings. The van der Waals surface area contributed by atoms with Crippen molar-refractivity contribution >= 4 is 0 Å². The van der Waals surface area contributed by atoms with Crippen molar-refractivity contribution in [1.82, 2.24) is 0 Å². The molecule has 0 heteroatoms. The molecule has 0 spiro atoms. The van der Waals surface area contributed by atoms with Gasteiger partial charge in [0.2, 0.25) is 0 Å². The van der Waals surface area contributed by atoms with Crippen molar-refractivity contribution in [1.29, 1.82) is 0 Å². The molecule has 0 aliphatic rings. The molecule has 72 valence electrons. The lowest BCUT2D eigenvalue weighted by molar-refractivity contribution is 0.251. The van der Waals surface area contributed by atoms with Gasteiger partial charge >= 0.3 is 0 Å². The summed E-state index contributed by atoms with van der Waals surface area (Å²) in [6, 6.07) is 0. The molecule has 0 aromatic heterocycles. The Balaban J connectivity index is 4.46. The van der Waals surface area contributed by atoms with E-state index in [2.05, 4.69) is 47.6 Å². The lowest BCUT2D eigenvalue weighted by Crippen LogP contribution is -2.22. The van der Waals surface area contributed by atoms with Crippen molar-refractivity contribution < 1.29 is 0 Å². The fourth-order valence-corrected chi connectivity index (χ4v) is 1.57. The third-order valence-corrected chi connectivity index (χ3v) is 3.42. The van der Waals surface area contributed by atoms with E-state index in [1.54, 1.807) is 5.57 Å². The molecule has 0 saturated heterocycles. The summed E-state index contributed by atoms with van der Waals surface area (Å²) in [6.45, 7) is 13.7. The van der Waals surface area contributed by atoms with Crippen LogP contribution >= 0.6 is 0 Å². The summed E-state index contributed by atoms with van der Waals surface area (Å²) in [5, 5.41) is 0. The van der Waals surface area contributed by atoms with Crippen molar-refractivity contribution in [2.75, 3.05) is 0 Å². The van der Waals surface area contributed by atoms with Crippen LogP contribution < -0.4 is 0 Å². The van der Waals surface area contributed by atoms with Gasteiger partial charge in [0.05, 0.1) is 0 Å². The quantitative estimate of drug-likeness (QED) is 0.545. The zero-order valence-corrected chi connectivity index (χ0v) is 9.57. The second kappa shape index (κ2) is 4.69. The summed E-state index contributed by atoms with van der Waals surface area (Å²) in [4.78, 5) is 0. The first-order valence-electron chi connectivity index (χ1n) is 5.14. The molecule has 0 rings (SSSR count). The topological polar surface area (TPSA) is 0 Å². The van der Waals surface area contributed by atoms with Crippen LogP contribution in [0.5, 0.6) is 0 Å². The Bertz CT molecular complexity index is 151. The smallest absolute Gasteiger partial charge is 0.0181 e. The van der Waals surface area contributed by atoms with Gasteiger partial charge in [0.1, 0.15) is 0 Å². The van der Waals surface area contributed by atoms with Crippen LogP contribution in [0.3, 0.4) is 0 Å². The van der Waals surface area contributed by atoms with E-state index in [-0.39, 0.29) is 0 Å². The first-order chi connectivity index (χ1) is 5.49. The van der Waals surface area contributed by atoms with Crippen molar-refractivity contribution in [3.8, 4) is 0 Å². The van der Waals surface area contributed by atoms with Gasteiger partial charge in [-0.05, 0) is 24.7 Å². The Hall–Kier alpha value is -0.260. The molecule has 0 nitrogen and oxygen atoms in total. The summed E-state index contributed by atoms with van der Waals surface area (Å²) in [5.74, 6) is 0.720. The third kappa shape index (κ3) is 2.66. The van der Waals surface area contributed by atoms with Gasteiger partial charge in [-0.1, -0.05) is 52.7 Å². The van der Waals surface area contributed by atoms with Gasteiger partial charge < -0.3 is 0 Å². The number of rotatable bonds is 4. The van der Waals surface area contributed by atoms with Gasteiger partial charge in [0, 0.05) is 0 Å². The van der Waals surface area contributed by atoms with Crippen molar-refractivity contribution in [2.24, 2.45) is 11.3 Å². The van der Waals surface area contributed by atoms with E-state index in [9.17, 15) is 0 Å². The minimum Gasteiger partial charge on any atom is -0.0882 e. The van der Waals surface area contributed by atoms with E-state index < -0.39 is 0 Å². The van der Waals surface area contributed by atoms with E-state index in [4.69, 9.17) is 0 Å². The molecule has 0 amide bonds. The predicted octanol–water partition coefficient (Wildman–Crippen LogP) is 4.42. The van der Waals surface area contributed by atoms with Gasteiger partial charge in [-0.2, -0.15) is 0 Å². The van der Waals surface area contributed by atoms with Crippen molar-refractivity contribution in [2.45, 2.75) is 54.4 Å². The Morgan fingerprint density at radius 1 is 1.33 bits per heavy atom. The molecule has 1 unspecified atom stereocenters. The highest BCUT2D eigenvalue weighted by Crippen LogP contribution is 2.36. The summed E-state index contributed by atoms with van der Waals surface area (Å²) in [7, 11) is 0. The van der Waals surface area contributed by atoms with Gasteiger partial charge in [-0.25, -0.2) is 0 Å². The molecule has 0 aliphatic heterocycles. The molecular formula is C12H24. The van der Waals surface area contributed by atoms with E-state index in [0.717, 1.165) is 5.92 Å². The lowest BCUT2D eigenvalue weighted by atomic mass is 9.73.